The van der Waals surface area contributed by atoms with Crippen LogP contribution in [0.4, 0.5) is 4.79 Å². The first-order valence-electron chi connectivity index (χ1n) is 8.38. The first-order chi connectivity index (χ1) is 11.2. The van der Waals surface area contributed by atoms with Crippen LogP contribution in [0.2, 0.25) is 0 Å². The predicted octanol–water partition coefficient (Wildman–Crippen LogP) is 1.90. The van der Waals surface area contributed by atoms with Crippen LogP contribution in [0.25, 0.3) is 0 Å². The fourth-order valence-electron chi connectivity index (χ4n) is 2.82. The number of unbranched alkanes of at least 4 members (excludes halogenated alkanes) is 1. The molecule has 0 saturated carbocycles. The molecule has 1 N–H and O–H groups in total. The minimum Gasteiger partial charge on any atom is -0.385 e. The van der Waals surface area contributed by atoms with E-state index >= 15 is 0 Å². The van der Waals surface area contributed by atoms with Crippen molar-refractivity contribution in [3.05, 3.63) is 30.1 Å². The minimum absolute atomic E-state index is 0.0519. The zero-order valence-electron chi connectivity index (χ0n) is 14.2. The Bertz CT molecular complexity index is 461. The summed E-state index contributed by atoms with van der Waals surface area (Å²) in [5, 5.41) is 2.99. The molecule has 0 spiro atoms. The summed E-state index contributed by atoms with van der Waals surface area (Å²) in [5.41, 5.74) is 1.23. The number of hydrogen-bond acceptors (Lipinski definition) is 4. The summed E-state index contributed by atoms with van der Waals surface area (Å²) < 4.78 is 5.00. The molecule has 2 amide bonds. The molecule has 1 aliphatic heterocycles. The highest BCUT2D eigenvalue weighted by molar-refractivity contribution is 5.74. The van der Waals surface area contributed by atoms with Gasteiger partial charge in [0.05, 0.1) is 0 Å². The van der Waals surface area contributed by atoms with Gasteiger partial charge in [-0.05, 0) is 31.4 Å². The maximum Gasteiger partial charge on any atom is 0.317 e. The van der Waals surface area contributed by atoms with Crippen molar-refractivity contribution in [1.82, 2.24) is 20.1 Å². The van der Waals surface area contributed by atoms with Gasteiger partial charge in [-0.3, -0.25) is 9.88 Å². The van der Waals surface area contributed by atoms with E-state index in [9.17, 15) is 4.79 Å². The lowest BCUT2D eigenvalue weighted by Crippen LogP contribution is -2.52. The molecular weight excluding hydrogens is 292 g/mol. The van der Waals surface area contributed by atoms with Crippen molar-refractivity contribution in [3.8, 4) is 0 Å². The van der Waals surface area contributed by atoms with Gasteiger partial charge >= 0.3 is 6.03 Å². The second-order valence-electron chi connectivity index (χ2n) is 5.92. The van der Waals surface area contributed by atoms with Gasteiger partial charge in [0.2, 0.25) is 0 Å². The third-order valence-electron chi connectivity index (χ3n) is 4.37. The van der Waals surface area contributed by atoms with Crippen LogP contribution < -0.4 is 5.32 Å². The summed E-state index contributed by atoms with van der Waals surface area (Å²) in [5.74, 6) is 0. The molecule has 0 aliphatic carbocycles. The number of pyridine rings is 1. The van der Waals surface area contributed by atoms with Crippen LogP contribution in [0.5, 0.6) is 0 Å². The Kier molecular flexibility index (Phi) is 7.29. The van der Waals surface area contributed by atoms with Gasteiger partial charge in [-0.15, -0.1) is 0 Å². The van der Waals surface area contributed by atoms with E-state index in [0.717, 1.165) is 45.6 Å². The zero-order valence-corrected chi connectivity index (χ0v) is 14.2. The average molecular weight is 320 g/mol. The Labute approximate surface area is 138 Å². The first kappa shape index (κ1) is 17.7. The maximum absolute atomic E-state index is 12.1. The van der Waals surface area contributed by atoms with Crippen LogP contribution in [0.1, 0.15) is 31.4 Å². The second kappa shape index (κ2) is 9.47. The predicted molar refractivity (Wildman–Crippen MR) is 90.3 cm³/mol. The van der Waals surface area contributed by atoms with Crippen molar-refractivity contribution in [2.75, 3.05) is 46.4 Å². The smallest absolute Gasteiger partial charge is 0.317 e. The number of aromatic nitrogens is 1. The normalized spacial score (nSPS) is 17.0. The Morgan fingerprint density at radius 2 is 2.13 bits per heavy atom. The molecule has 1 aromatic rings. The number of rotatable bonds is 7. The summed E-state index contributed by atoms with van der Waals surface area (Å²) in [6.07, 6.45) is 5.65. The molecule has 23 heavy (non-hydrogen) atoms. The number of piperazine rings is 1. The van der Waals surface area contributed by atoms with Crippen molar-refractivity contribution >= 4 is 6.03 Å². The summed E-state index contributed by atoms with van der Waals surface area (Å²) in [4.78, 5) is 20.6. The lowest BCUT2D eigenvalue weighted by molar-refractivity contribution is 0.113. The molecule has 1 aromatic heterocycles. The summed E-state index contributed by atoms with van der Waals surface area (Å²) in [6.45, 7) is 7.00. The van der Waals surface area contributed by atoms with Gasteiger partial charge in [-0.1, -0.05) is 6.07 Å². The molecule has 1 atom stereocenters. The summed E-state index contributed by atoms with van der Waals surface area (Å²) in [7, 11) is 1.70. The highest BCUT2D eigenvalue weighted by atomic mass is 16.5. The zero-order chi connectivity index (χ0) is 16.5. The summed E-state index contributed by atoms with van der Waals surface area (Å²) >= 11 is 0. The number of nitrogens with zero attached hydrogens (tertiary/aromatic N) is 3. The standard InChI is InChI=1S/C17H28N4O2/c1-15(16-6-5-7-18-14-16)20-9-11-21(12-10-20)17(22)19-8-3-4-13-23-2/h5-7,14-15H,3-4,8-13H2,1-2H3,(H,19,22)/t15-/m1/s1. The molecule has 0 bridgehead atoms. The maximum atomic E-state index is 12.1. The number of ether oxygens (including phenoxy) is 1. The number of methoxy groups -OCH3 is 1. The molecule has 6 nitrogen and oxygen atoms in total. The average Bonchev–Trinajstić information content (AvgIpc) is 2.61. The largest absolute Gasteiger partial charge is 0.385 e. The van der Waals surface area contributed by atoms with E-state index < -0.39 is 0 Å². The van der Waals surface area contributed by atoms with Gasteiger partial charge in [-0.2, -0.15) is 0 Å². The molecule has 0 aromatic carbocycles. The van der Waals surface area contributed by atoms with Crippen molar-refractivity contribution < 1.29 is 9.53 Å². The van der Waals surface area contributed by atoms with E-state index in [2.05, 4.69) is 28.2 Å². The minimum atomic E-state index is 0.0519. The number of urea groups is 1. The van der Waals surface area contributed by atoms with Crippen LogP contribution in [-0.2, 0) is 4.74 Å². The van der Waals surface area contributed by atoms with Crippen molar-refractivity contribution in [2.24, 2.45) is 0 Å². The van der Waals surface area contributed by atoms with Gasteiger partial charge in [0.25, 0.3) is 0 Å². The third kappa shape index (κ3) is 5.48. The van der Waals surface area contributed by atoms with Crippen molar-refractivity contribution in [2.45, 2.75) is 25.8 Å². The van der Waals surface area contributed by atoms with Crippen LogP contribution >= 0.6 is 0 Å². The van der Waals surface area contributed by atoms with Crippen LogP contribution in [-0.4, -0.2) is 67.3 Å². The molecule has 128 valence electrons. The van der Waals surface area contributed by atoms with Gasteiger partial charge in [0.1, 0.15) is 0 Å². The molecule has 1 saturated heterocycles. The molecule has 0 radical (unpaired) electrons. The SMILES string of the molecule is COCCCCNC(=O)N1CCN([C@H](C)c2cccnc2)CC1. The molecule has 1 fully saturated rings. The number of hydrogen-bond donors (Lipinski definition) is 1. The van der Waals surface area contributed by atoms with Crippen molar-refractivity contribution in [3.63, 3.8) is 0 Å². The Morgan fingerprint density at radius 1 is 1.35 bits per heavy atom. The van der Waals surface area contributed by atoms with Gasteiger partial charge < -0.3 is 15.0 Å². The van der Waals surface area contributed by atoms with Crippen molar-refractivity contribution in [1.29, 1.82) is 0 Å². The summed E-state index contributed by atoms with van der Waals surface area (Å²) in [6, 6.07) is 4.47. The van der Waals surface area contributed by atoms with E-state index in [1.807, 2.05) is 17.2 Å². The van der Waals surface area contributed by atoms with E-state index in [1.165, 1.54) is 5.56 Å². The first-order valence-corrected chi connectivity index (χ1v) is 8.38. The van der Waals surface area contributed by atoms with E-state index in [4.69, 9.17) is 4.74 Å². The molecular formula is C17H28N4O2. The molecule has 2 heterocycles. The third-order valence-corrected chi connectivity index (χ3v) is 4.37. The lowest BCUT2D eigenvalue weighted by Gasteiger charge is -2.38. The van der Waals surface area contributed by atoms with Crippen LogP contribution in [0.15, 0.2) is 24.5 Å². The fraction of sp³-hybridized carbons (Fsp3) is 0.647. The topological polar surface area (TPSA) is 57.7 Å². The van der Waals surface area contributed by atoms with E-state index in [1.54, 1.807) is 13.3 Å². The number of carbonyl (C=O) groups is 1. The highest BCUT2D eigenvalue weighted by Crippen LogP contribution is 2.20. The molecule has 0 unspecified atom stereocenters. The highest BCUT2D eigenvalue weighted by Gasteiger charge is 2.24. The van der Waals surface area contributed by atoms with Gasteiger partial charge in [0.15, 0.2) is 0 Å². The monoisotopic (exact) mass is 320 g/mol. The van der Waals surface area contributed by atoms with E-state index in [-0.39, 0.29) is 6.03 Å². The Morgan fingerprint density at radius 3 is 2.78 bits per heavy atom. The fourth-order valence-corrected chi connectivity index (χ4v) is 2.82. The van der Waals surface area contributed by atoms with E-state index in [0.29, 0.717) is 12.6 Å². The van der Waals surface area contributed by atoms with Crippen LogP contribution in [0, 0.1) is 0 Å². The van der Waals surface area contributed by atoms with Gasteiger partial charge in [0, 0.05) is 64.9 Å². The quantitative estimate of drug-likeness (QED) is 0.780. The Balaban J connectivity index is 1.70. The van der Waals surface area contributed by atoms with Crippen LogP contribution in [0.3, 0.4) is 0 Å². The molecule has 2 rings (SSSR count). The Hall–Kier alpha value is -1.66. The number of carbonyl (C=O) groups excluding carboxylic acids is 1. The second-order valence-corrected chi connectivity index (χ2v) is 5.92. The molecule has 6 heteroatoms. The number of nitrogens with one attached hydrogen (secondary N) is 1. The lowest BCUT2D eigenvalue weighted by atomic mass is 10.1. The number of amides is 2. The molecule has 1 aliphatic rings. The van der Waals surface area contributed by atoms with Gasteiger partial charge in [-0.25, -0.2) is 4.79 Å².